The monoisotopic (exact) mass is 718 g/mol. The van der Waals surface area contributed by atoms with Crippen LogP contribution in [0.15, 0.2) is 206 Å². The van der Waals surface area contributed by atoms with E-state index in [1.165, 1.54) is 86.4 Å². The quantitative estimate of drug-likeness (QED) is 0.166. The molecule has 2 heterocycles. The Morgan fingerprint density at radius 3 is 1.82 bits per heavy atom. The Bertz CT molecular complexity index is 3190. The standard InChI is InChI=1S/C52H34N2S/c1-3-12-35(13-4-1)36-24-28-42(29-25-36)53(50-20-11-18-46-45-17-8-10-21-51(45)55-52(46)50)43-30-26-38-32-37(22-23-39(38)33-43)40-27-31-49-47(34-40)44-16-7-9-19-48(44)54(49)41-14-5-2-6-15-41/h1-34H. The summed E-state index contributed by atoms with van der Waals surface area (Å²) in [5.41, 5.74) is 11.9. The second kappa shape index (κ2) is 12.9. The van der Waals surface area contributed by atoms with Gasteiger partial charge in [-0.2, -0.15) is 0 Å². The van der Waals surface area contributed by atoms with Gasteiger partial charge >= 0.3 is 0 Å². The number of nitrogens with zero attached hydrogens (tertiary/aromatic N) is 2. The summed E-state index contributed by atoms with van der Waals surface area (Å²) in [6, 6.07) is 75.1. The number of benzene rings is 9. The number of hydrogen-bond acceptors (Lipinski definition) is 2. The minimum atomic E-state index is 1.13. The van der Waals surface area contributed by atoms with Crippen molar-refractivity contribution in [1.82, 2.24) is 4.57 Å². The molecular formula is C52H34N2S. The summed E-state index contributed by atoms with van der Waals surface area (Å²) in [5.74, 6) is 0. The van der Waals surface area contributed by atoms with E-state index >= 15 is 0 Å². The van der Waals surface area contributed by atoms with Gasteiger partial charge in [0.2, 0.25) is 0 Å². The van der Waals surface area contributed by atoms with Crippen LogP contribution in [0.1, 0.15) is 0 Å². The van der Waals surface area contributed by atoms with E-state index in [9.17, 15) is 0 Å². The van der Waals surface area contributed by atoms with Crippen molar-refractivity contribution in [3.8, 4) is 27.9 Å². The molecule has 0 unspecified atom stereocenters. The number of hydrogen-bond donors (Lipinski definition) is 0. The minimum absolute atomic E-state index is 1.13. The van der Waals surface area contributed by atoms with Gasteiger partial charge in [0.05, 0.1) is 21.4 Å². The van der Waals surface area contributed by atoms with Crippen molar-refractivity contribution >= 4 is 81.1 Å². The molecule has 0 fully saturated rings. The van der Waals surface area contributed by atoms with E-state index in [1.807, 2.05) is 11.3 Å². The summed E-state index contributed by atoms with van der Waals surface area (Å²) in [5, 5.41) is 7.54. The van der Waals surface area contributed by atoms with Gasteiger partial charge in [0.1, 0.15) is 0 Å². The lowest BCUT2D eigenvalue weighted by molar-refractivity contribution is 1.18. The van der Waals surface area contributed by atoms with Gasteiger partial charge in [-0.1, -0.05) is 133 Å². The molecule has 9 aromatic carbocycles. The first-order valence-corrected chi connectivity index (χ1v) is 19.6. The molecule has 258 valence electrons. The van der Waals surface area contributed by atoms with Crippen molar-refractivity contribution in [2.45, 2.75) is 0 Å². The average molecular weight is 719 g/mol. The smallest absolute Gasteiger partial charge is 0.0640 e. The SMILES string of the molecule is c1ccc(-c2ccc(N(c3ccc4cc(-c5ccc6c(c5)c5ccccc5n6-c5ccccc5)ccc4c3)c3cccc4c3sc3ccccc34)cc2)cc1. The number of para-hydroxylation sites is 2. The summed E-state index contributed by atoms with van der Waals surface area (Å²) < 4.78 is 4.96. The van der Waals surface area contributed by atoms with Crippen molar-refractivity contribution < 1.29 is 0 Å². The minimum Gasteiger partial charge on any atom is -0.309 e. The molecule has 0 amide bonds. The van der Waals surface area contributed by atoms with E-state index in [0.717, 1.165) is 11.4 Å². The van der Waals surface area contributed by atoms with E-state index in [2.05, 4.69) is 216 Å². The lowest BCUT2D eigenvalue weighted by Gasteiger charge is -2.26. The Kier molecular flexibility index (Phi) is 7.39. The first-order chi connectivity index (χ1) is 27.3. The van der Waals surface area contributed by atoms with Crippen LogP contribution in [0.3, 0.4) is 0 Å². The normalized spacial score (nSPS) is 11.6. The predicted octanol–water partition coefficient (Wildman–Crippen LogP) is 15.1. The van der Waals surface area contributed by atoms with Crippen LogP contribution in [0.4, 0.5) is 17.1 Å². The van der Waals surface area contributed by atoms with Gasteiger partial charge in [0.15, 0.2) is 0 Å². The molecule has 11 aromatic rings. The first-order valence-electron chi connectivity index (χ1n) is 18.8. The third-order valence-corrected chi connectivity index (χ3v) is 12.2. The van der Waals surface area contributed by atoms with Gasteiger partial charge in [-0.3, -0.25) is 0 Å². The summed E-state index contributed by atoms with van der Waals surface area (Å²) in [4.78, 5) is 2.43. The van der Waals surface area contributed by atoms with Crippen LogP contribution >= 0.6 is 11.3 Å². The van der Waals surface area contributed by atoms with Crippen molar-refractivity contribution in [2.24, 2.45) is 0 Å². The molecule has 0 saturated heterocycles. The van der Waals surface area contributed by atoms with Crippen molar-refractivity contribution in [1.29, 1.82) is 0 Å². The van der Waals surface area contributed by atoms with E-state index in [1.54, 1.807) is 0 Å². The Balaban J connectivity index is 1.03. The van der Waals surface area contributed by atoms with Gasteiger partial charge in [-0.15, -0.1) is 11.3 Å². The summed E-state index contributed by atoms with van der Waals surface area (Å²) in [7, 11) is 0. The molecule has 0 radical (unpaired) electrons. The van der Waals surface area contributed by atoms with E-state index in [4.69, 9.17) is 0 Å². The molecule has 0 saturated carbocycles. The lowest BCUT2D eigenvalue weighted by Crippen LogP contribution is -2.10. The summed E-state index contributed by atoms with van der Waals surface area (Å²) in [6.45, 7) is 0. The van der Waals surface area contributed by atoms with E-state index in [-0.39, 0.29) is 0 Å². The fraction of sp³-hybridized carbons (Fsp3) is 0. The number of fused-ring (bicyclic) bond motifs is 7. The number of anilines is 3. The summed E-state index contributed by atoms with van der Waals surface area (Å²) in [6.07, 6.45) is 0. The molecule has 55 heavy (non-hydrogen) atoms. The first kappa shape index (κ1) is 31.6. The van der Waals surface area contributed by atoms with Crippen LogP contribution in [-0.2, 0) is 0 Å². The van der Waals surface area contributed by atoms with Crippen LogP contribution in [0.25, 0.3) is 80.7 Å². The van der Waals surface area contributed by atoms with Crippen molar-refractivity contribution in [2.75, 3.05) is 4.90 Å². The highest BCUT2D eigenvalue weighted by atomic mass is 32.1. The third kappa shape index (κ3) is 5.32. The maximum absolute atomic E-state index is 2.43. The zero-order valence-electron chi connectivity index (χ0n) is 29.9. The Morgan fingerprint density at radius 2 is 0.964 bits per heavy atom. The van der Waals surface area contributed by atoms with Gasteiger partial charge in [0.25, 0.3) is 0 Å². The van der Waals surface area contributed by atoms with Crippen LogP contribution in [0.5, 0.6) is 0 Å². The molecule has 11 rings (SSSR count). The number of thiophene rings is 1. The van der Waals surface area contributed by atoms with Gasteiger partial charge in [-0.25, -0.2) is 0 Å². The molecule has 0 bridgehead atoms. The Labute approximate surface area is 323 Å². The maximum atomic E-state index is 2.43. The molecule has 0 spiro atoms. The fourth-order valence-corrected chi connectivity index (χ4v) is 9.53. The van der Waals surface area contributed by atoms with Crippen LogP contribution < -0.4 is 4.90 Å². The third-order valence-electron chi connectivity index (χ3n) is 11.0. The molecule has 3 heteroatoms. The molecule has 0 atom stereocenters. The van der Waals surface area contributed by atoms with Crippen molar-refractivity contribution in [3.05, 3.63) is 206 Å². The molecule has 2 nitrogen and oxygen atoms in total. The molecule has 2 aromatic heterocycles. The number of rotatable bonds is 6. The topological polar surface area (TPSA) is 8.17 Å². The van der Waals surface area contributed by atoms with E-state index in [0.29, 0.717) is 0 Å². The second-order valence-electron chi connectivity index (χ2n) is 14.2. The largest absolute Gasteiger partial charge is 0.309 e. The second-order valence-corrected chi connectivity index (χ2v) is 15.2. The van der Waals surface area contributed by atoms with Gasteiger partial charge in [-0.05, 0) is 106 Å². The lowest BCUT2D eigenvalue weighted by atomic mass is 9.99. The molecule has 0 aliphatic heterocycles. The van der Waals surface area contributed by atoms with Crippen LogP contribution in [0, 0.1) is 0 Å². The Hall–Kier alpha value is -6.94. The summed E-state index contributed by atoms with van der Waals surface area (Å²) >= 11 is 1.87. The van der Waals surface area contributed by atoms with E-state index < -0.39 is 0 Å². The van der Waals surface area contributed by atoms with Crippen molar-refractivity contribution in [3.63, 3.8) is 0 Å². The highest BCUT2D eigenvalue weighted by Crippen LogP contribution is 2.45. The highest BCUT2D eigenvalue weighted by molar-refractivity contribution is 7.26. The zero-order chi connectivity index (χ0) is 36.3. The molecular weight excluding hydrogens is 685 g/mol. The van der Waals surface area contributed by atoms with Gasteiger partial charge < -0.3 is 9.47 Å². The zero-order valence-corrected chi connectivity index (χ0v) is 30.7. The average Bonchev–Trinajstić information content (AvgIpc) is 3.81. The highest BCUT2D eigenvalue weighted by Gasteiger charge is 2.19. The molecule has 0 N–H and O–H groups in total. The fourth-order valence-electron chi connectivity index (χ4n) is 8.33. The maximum Gasteiger partial charge on any atom is 0.0640 e. The molecule has 0 aliphatic rings. The van der Waals surface area contributed by atoms with Gasteiger partial charge in [0, 0.05) is 43.3 Å². The number of aromatic nitrogens is 1. The van der Waals surface area contributed by atoms with Crippen LogP contribution in [0.2, 0.25) is 0 Å². The predicted molar refractivity (Wildman–Crippen MR) is 237 cm³/mol. The van der Waals surface area contributed by atoms with Crippen LogP contribution in [-0.4, -0.2) is 4.57 Å². The molecule has 0 aliphatic carbocycles. The Morgan fingerprint density at radius 1 is 0.364 bits per heavy atom.